The number of aliphatic hydroxyl groups excluding tert-OH is 1. The van der Waals surface area contributed by atoms with Gasteiger partial charge in [-0.3, -0.25) is 4.90 Å². The molecule has 1 atom stereocenters. The van der Waals surface area contributed by atoms with Crippen molar-refractivity contribution in [2.45, 2.75) is 19.5 Å². The van der Waals surface area contributed by atoms with Gasteiger partial charge in [0.1, 0.15) is 6.61 Å². The van der Waals surface area contributed by atoms with E-state index in [4.69, 9.17) is 5.11 Å². The van der Waals surface area contributed by atoms with Gasteiger partial charge < -0.3 is 10.0 Å². The van der Waals surface area contributed by atoms with Crippen LogP contribution in [0.15, 0.2) is 54.6 Å². The van der Waals surface area contributed by atoms with E-state index < -0.39 is 0 Å². The second-order valence-corrected chi connectivity index (χ2v) is 6.26. The van der Waals surface area contributed by atoms with Gasteiger partial charge in [0, 0.05) is 43.5 Å². The van der Waals surface area contributed by atoms with Crippen LogP contribution in [0.2, 0.25) is 0 Å². The summed E-state index contributed by atoms with van der Waals surface area (Å²) in [6, 6.07) is 19.5. The summed E-state index contributed by atoms with van der Waals surface area (Å²) in [5.74, 6) is 5.62. The molecule has 124 valence electrons. The molecule has 2 aromatic carbocycles. The van der Waals surface area contributed by atoms with Crippen molar-refractivity contribution >= 4 is 5.69 Å². The maximum Gasteiger partial charge on any atom is 0.104 e. The molecular formula is C21H24N2O. The number of rotatable bonds is 3. The zero-order valence-electron chi connectivity index (χ0n) is 14.2. The lowest BCUT2D eigenvalue weighted by Gasteiger charge is -2.41. The Kier molecular flexibility index (Phi) is 5.53. The molecule has 1 unspecified atom stereocenters. The van der Waals surface area contributed by atoms with Gasteiger partial charge in [-0.05, 0) is 36.8 Å². The molecule has 1 heterocycles. The van der Waals surface area contributed by atoms with E-state index >= 15 is 0 Å². The fraction of sp³-hybridized carbons (Fsp3) is 0.333. The summed E-state index contributed by atoms with van der Waals surface area (Å²) < 4.78 is 0. The molecule has 2 aromatic rings. The summed E-state index contributed by atoms with van der Waals surface area (Å²) in [5, 5.41) is 8.75. The monoisotopic (exact) mass is 320 g/mol. The van der Waals surface area contributed by atoms with Gasteiger partial charge in [0.2, 0.25) is 0 Å². The molecule has 0 radical (unpaired) electrons. The molecule has 1 fully saturated rings. The van der Waals surface area contributed by atoms with Crippen LogP contribution in [-0.2, 0) is 6.54 Å². The quantitative estimate of drug-likeness (QED) is 0.881. The topological polar surface area (TPSA) is 26.7 Å². The number of hydrogen-bond acceptors (Lipinski definition) is 3. The van der Waals surface area contributed by atoms with Crippen molar-refractivity contribution in [3.8, 4) is 11.8 Å². The first-order chi connectivity index (χ1) is 11.8. The van der Waals surface area contributed by atoms with Crippen LogP contribution in [0, 0.1) is 11.8 Å². The van der Waals surface area contributed by atoms with Crippen molar-refractivity contribution in [3.05, 3.63) is 65.7 Å². The van der Waals surface area contributed by atoms with Crippen molar-refractivity contribution in [3.63, 3.8) is 0 Å². The van der Waals surface area contributed by atoms with E-state index in [1.807, 2.05) is 12.1 Å². The van der Waals surface area contributed by atoms with Gasteiger partial charge in [-0.15, -0.1) is 0 Å². The molecule has 3 rings (SSSR count). The highest BCUT2D eigenvalue weighted by Crippen LogP contribution is 2.20. The molecular weight excluding hydrogens is 296 g/mol. The molecule has 1 aliphatic rings. The zero-order valence-corrected chi connectivity index (χ0v) is 14.2. The highest BCUT2D eigenvalue weighted by molar-refractivity contribution is 5.46. The highest BCUT2D eigenvalue weighted by atomic mass is 16.2. The van der Waals surface area contributed by atoms with Gasteiger partial charge in [-0.2, -0.15) is 0 Å². The molecule has 3 nitrogen and oxygen atoms in total. The fourth-order valence-electron chi connectivity index (χ4n) is 3.17. The van der Waals surface area contributed by atoms with Crippen LogP contribution < -0.4 is 4.90 Å². The minimum Gasteiger partial charge on any atom is -0.384 e. The molecule has 0 saturated carbocycles. The largest absolute Gasteiger partial charge is 0.384 e. The first-order valence-corrected chi connectivity index (χ1v) is 8.49. The Morgan fingerprint density at radius 3 is 2.46 bits per heavy atom. The Morgan fingerprint density at radius 1 is 1.04 bits per heavy atom. The van der Waals surface area contributed by atoms with Gasteiger partial charge >= 0.3 is 0 Å². The molecule has 1 N–H and O–H groups in total. The summed E-state index contributed by atoms with van der Waals surface area (Å²) >= 11 is 0. The summed E-state index contributed by atoms with van der Waals surface area (Å²) in [6.45, 7) is 6.37. The second kappa shape index (κ2) is 8.01. The number of piperazine rings is 1. The first-order valence-electron chi connectivity index (χ1n) is 8.49. The van der Waals surface area contributed by atoms with Crippen molar-refractivity contribution in [1.29, 1.82) is 0 Å². The van der Waals surface area contributed by atoms with Crippen LogP contribution in [0.3, 0.4) is 0 Å². The number of nitrogens with zero attached hydrogens (tertiary/aromatic N) is 2. The van der Waals surface area contributed by atoms with Crippen molar-refractivity contribution in [2.75, 3.05) is 31.1 Å². The highest BCUT2D eigenvalue weighted by Gasteiger charge is 2.23. The third kappa shape index (κ3) is 4.17. The standard InChI is InChI=1S/C21H24N2O/c1-18-16-23(21-7-3-2-4-8-21)14-13-22(18)17-20-11-9-19(10-12-20)6-5-15-24/h2-4,7-12,18,24H,13-17H2,1H3. The Labute approximate surface area is 144 Å². The fourth-order valence-corrected chi connectivity index (χ4v) is 3.17. The first kappa shape index (κ1) is 16.6. The van der Waals surface area contributed by atoms with E-state index in [2.05, 4.69) is 71.0 Å². The van der Waals surface area contributed by atoms with E-state index in [0.29, 0.717) is 6.04 Å². The van der Waals surface area contributed by atoms with E-state index in [0.717, 1.165) is 31.7 Å². The number of anilines is 1. The van der Waals surface area contributed by atoms with Gasteiger partial charge in [0.05, 0.1) is 0 Å². The van der Waals surface area contributed by atoms with Crippen LogP contribution in [0.25, 0.3) is 0 Å². The number of aliphatic hydroxyl groups is 1. The van der Waals surface area contributed by atoms with Gasteiger partial charge in [0.15, 0.2) is 0 Å². The average Bonchev–Trinajstić information content (AvgIpc) is 2.63. The lowest BCUT2D eigenvalue weighted by Crippen LogP contribution is -2.51. The average molecular weight is 320 g/mol. The van der Waals surface area contributed by atoms with E-state index in [1.165, 1.54) is 11.3 Å². The molecule has 1 saturated heterocycles. The Morgan fingerprint density at radius 2 is 1.79 bits per heavy atom. The van der Waals surface area contributed by atoms with Crippen LogP contribution in [0.4, 0.5) is 5.69 Å². The molecule has 0 aromatic heterocycles. The maximum absolute atomic E-state index is 8.75. The van der Waals surface area contributed by atoms with Crippen LogP contribution in [0.5, 0.6) is 0 Å². The molecule has 0 amide bonds. The minimum atomic E-state index is -0.0923. The number of para-hydroxylation sites is 1. The Bertz CT molecular complexity index is 700. The zero-order chi connectivity index (χ0) is 16.8. The SMILES string of the molecule is CC1CN(c2ccccc2)CCN1Cc1ccc(C#CCO)cc1. The summed E-state index contributed by atoms with van der Waals surface area (Å²) in [6.07, 6.45) is 0. The summed E-state index contributed by atoms with van der Waals surface area (Å²) in [5.41, 5.74) is 3.58. The molecule has 3 heteroatoms. The van der Waals surface area contributed by atoms with E-state index in [9.17, 15) is 0 Å². The van der Waals surface area contributed by atoms with Crippen molar-refractivity contribution in [2.24, 2.45) is 0 Å². The van der Waals surface area contributed by atoms with Gasteiger partial charge in [-0.25, -0.2) is 0 Å². The third-order valence-electron chi connectivity index (χ3n) is 4.54. The van der Waals surface area contributed by atoms with Gasteiger partial charge in [0.25, 0.3) is 0 Å². The number of benzene rings is 2. The van der Waals surface area contributed by atoms with E-state index in [-0.39, 0.29) is 6.61 Å². The molecule has 1 aliphatic heterocycles. The van der Waals surface area contributed by atoms with Gasteiger partial charge in [-0.1, -0.05) is 42.2 Å². The minimum absolute atomic E-state index is 0.0923. The lowest BCUT2D eigenvalue weighted by molar-refractivity contribution is 0.181. The Balaban J connectivity index is 1.59. The van der Waals surface area contributed by atoms with Crippen molar-refractivity contribution < 1.29 is 5.11 Å². The predicted molar refractivity (Wildman–Crippen MR) is 98.9 cm³/mol. The Hall–Kier alpha value is -2.28. The van der Waals surface area contributed by atoms with Crippen LogP contribution in [-0.4, -0.2) is 42.3 Å². The third-order valence-corrected chi connectivity index (χ3v) is 4.54. The predicted octanol–water partition coefficient (Wildman–Crippen LogP) is 2.74. The summed E-state index contributed by atoms with van der Waals surface area (Å²) in [4.78, 5) is 5.00. The summed E-state index contributed by atoms with van der Waals surface area (Å²) in [7, 11) is 0. The molecule has 24 heavy (non-hydrogen) atoms. The molecule has 0 bridgehead atoms. The molecule has 0 spiro atoms. The smallest absolute Gasteiger partial charge is 0.104 e. The maximum atomic E-state index is 8.75. The van der Waals surface area contributed by atoms with Crippen molar-refractivity contribution in [1.82, 2.24) is 4.90 Å². The normalized spacial score (nSPS) is 18.1. The van der Waals surface area contributed by atoms with Crippen LogP contribution >= 0.6 is 0 Å². The van der Waals surface area contributed by atoms with E-state index in [1.54, 1.807) is 0 Å². The molecule has 0 aliphatic carbocycles. The second-order valence-electron chi connectivity index (χ2n) is 6.26. The van der Waals surface area contributed by atoms with Crippen LogP contribution in [0.1, 0.15) is 18.1 Å². The number of hydrogen-bond donors (Lipinski definition) is 1. The lowest BCUT2D eigenvalue weighted by atomic mass is 10.1.